The van der Waals surface area contributed by atoms with Crippen LogP contribution in [0.25, 0.3) is 0 Å². The zero-order valence-electron chi connectivity index (χ0n) is 11.1. The molecule has 0 amide bonds. The predicted molar refractivity (Wildman–Crippen MR) is 77.7 cm³/mol. The van der Waals surface area contributed by atoms with Gasteiger partial charge in [-0.2, -0.15) is 0 Å². The smallest absolute Gasteiger partial charge is 0.161 e. The van der Waals surface area contributed by atoms with Crippen LogP contribution in [0.1, 0.15) is 13.8 Å². The van der Waals surface area contributed by atoms with Crippen LogP contribution in [-0.4, -0.2) is 22.5 Å². The van der Waals surface area contributed by atoms with E-state index in [9.17, 15) is 0 Å². The molecule has 0 aliphatic heterocycles. The Morgan fingerprint density at radius 1 is 1.24 bits per heavy atom. The molecule has 4 heteroatoms. The van der Waals surface area contributed by atoms with Crippen LogP contribution in [-0.2, 0) is 0 Å². The quantitative estimate of drug-likeness (QED) is 0.751. The predicted octanol–water partition coefficient (Wildman–Crippen LogP) is 4.37. The van der Waals surface area contributed by atoms with E-state index in [1.54, 1.807) is 7.11 Å². The number of hydrogen-bond donors (Lipinski definition) is 0. The van der Waals surface area contributed by atoms with Crippen LogP contribution in [0.3, 0.4) is 0 Å². The second kappa shape index (κ2) is 5.91. The molecule has 1 rings (SSSR count). The molecule has 0 saturated carbocycles. The van der Waals surface area contributed by atoms with Crippen LogP contribution in [0.4, 0.5) is 0 Å². The van der Waals surface area contributed by atoms with E-state index in [1.807, 2.05) is 18.2 Å². The molecule has 0 heterocycles. The minimum absolute atomic E-state index is 0.253. The first-order valence-corrected chi connectivity index (χ1v) is 8.93. The SMILES string of the molecule is COc1cc(Br)ccc1OCC(C)(C)[Si](C)C. The topological polar surface area (TPSA) is 18.5 Å². The highest BCUT2D eigenvalue weighted by Crippen LogP contribution is 2.34. The van der Waals surface area contributed by atoms with Crippen molar-refractivity contribution in [1.82, 2.24) is 0 Å². The van der Waals surface area contributed by atoms with E-state index >= 15 is 0 Å². The van der Waals surface area contributed by atoms with Crippen LogP contribution < -0.4 is 9.47 Å². The lowest BCUT2D eigenvalue weighted by atomic mass is 10.2. The second-order valence-electron chi connectivity index (χ2n) is 4.97. The summed E-state index contributed by atoms with van der Waals surface area (Å²) in [5.41, 5.74) is 0. The summed E-state index contributed by atoms with van der Waals surface area (Å²) in [5, 5.41) is 0.253. The molecule has 1 aromatic rings. The van der Waals surface area contributed by atoms with Crippen molar-refractivity contribution >= 4 is 24.7 Å². The van der Waals surface area contributed by atoms with E-state index in [0.29, 0.717) is 0 Å². The van der Waals surface area contributed by atoms with Gasteiger partial charge in [-0.1, -0.05) is 42.9 Å². The Bertz CT molecular complexity index is 378. The highest BCUT2D eigenvalue weighted by atomic mass is 79.9. The maximum Gasteiger partial charge on any atom is 0.161 e. The molecule has 17 heavy (non-hydrogen) atoms. The standard InChI is InChI=1S/C13H20BrO2Si/c1-13(2,17(4)5)9-16-11-7-6-10(14)8-12(11)15-3/h6-8H,9H2,1-5H3. The van der Waals surface area contributed by atoms with E-state index in [1.165, 1.54) is 0 Å². The average molecular weight is 316 g/mol. The zero-order valence-corrected chi connectivity index (χ0v) is 13.7. The summed E-state index contributed by atoms with van der Waals surface area (Å²) in [6.07, 6.45) is 0. The van der Waals surface area contributed by atoms with Crippen molar-refractivity contribution in [2.24, 2.45) is 0 Å². The number of rotatable bonds is 5. The van der Waals surface area contributed by atoms with E-state index in [0.717, 1.165) is 22.6 Å². The van der Waals surface area contributed by atoms with Gasteiger partial charge in [0.2, 0.25) is 0 Å². The van der Waals surface area contributed by atoms with Gasteiger partial charge < -0.3 is 9.47 Å². The molecule has 95 valence electrons. The Balaban J connectivity index is 2.76. The first kappa shape index (κ1) is 14.6. The Morgan fingerprint density at radius 2 is 1.88 bits per heavy atom. The molecule has 2 nitrogen and oxygen atoms in total. The van der Waals surface area contributed by atoms with Crippen molar-refractivity contribution in [2.45, 2.75) is 32.0 Å². The summed E-state index contributed by atoms with van der Waals surface area (Å²) in [6, 6.07) is 5.83. The van der Waals surface area contributed by atoms with E-state index in [-0.39, 0.29) is 13.8 Å². The first-order valence-electron chi connectivity index (χ1n) is 5.64. The fourth-order valence-electron chi connectivity index (χ4n) is 1.16. The lowest BCUT2D eigenvalue weighted by Crippen LogP contribution is -2.27. The number of halogens is 1. The zero-order chi connectivity index (χ0) is 13.1. The fraction of sp³-hybridized carbons (Fsp3) is 0.538. The van der Waals surface area contributed by atoms with Crippen LogP contribution in [0.2, 0.25) is 18.1 Å². The van der Waals surface area contributed by atoms with Gasteiger partial charge in [-0.25, -0.2) is 0 Å². The normalized spacial score (nSPS) is 11.7. The third kappa shape index (κ3) is 4.03. The third-order valence-corrected chi connectivity index (χ3v) is 6.41. The van der Waals surface area contributed by atoms with Gasteiger partial charge in [0.15, 0.2) is 11.5 Å². The van der Waals surface area contributed by atoms with Gasteiger partial charge in [0.1, 0.15) is 0 Å². The highest BCUT2D eigenvalue weighted by molar-refractivity contribution is 9.10. The van der Waals surface area contributed by atoms with Crippen LogP contribution >= 0.6 is 15.9 Å². The molecule has 0 unspecified atom stereocenters. The second-order valence-corrected chi connectivity index (χ2v) is 9.24. The lowest BCUT2D eigenvalue weighted by molar-refractivity contribution is 0.261. The van der Waals surface area contributed by atoms with Crippen molar-refractivity contribution in [3.05, 3.63) is 22.7 Å². The van der Waals surface area contributed by atoms with Crippen molar-refractivity contribution in [1.29, 1.82) is 0 Å². The molecular weight excluding hydrogens is 296 g/mol. The molecule has 0 saturated heterocycles. The van der Waals surface area contributed by atoms with Crippen molar-refractivity contribution in [2.75, 3.05) is 13.7 Å². The van der Waals surface area contributed by atoms with Gasteiger partial charge >= 0.3 is 0 Å². The Morgan fingerprint density at radius 3 is 2.41 bits per heavy atom. The largest absolute Gasteiger partial charge is 0.493 e. The van der Waals surface area contributed by atoms with Crippen LogP contribution in [0, 0.1) is 0 Å². The van der Waals surface area contributed by atoms with E-state index in [2.05, 4.69) is 42.9 Å². The number of ether oxygens (including phenoxy) is 2. The summed E-state index contributed by atoms with van der Waals surface area (Å²) >= 11 is 3.42. The summed E-state index contributed by atoms with van der Waals surface area (Å²) < 4.78 is 12.2. The Labute approximate surface area is 114 Å². The molecule has 0 aliphatic rings. The average Bonchev–Trinajstić information content (AvgIpc) is 2.27. The Hall–Kier alpha value is -0.483. The van der Waals surface area contributed by atoms with Gasteiger partial charge in [-0.15, -0.1) is 0 Å². The van der Waals surface area contributed by atoms with Gasteiger partial charge in [0.25, 0.3) is 0 Å². The van der Waals surface area contributed by atoms with Crippen molar-refractivity contribution < 1.29 is 9.47 Å². The fourth-order valence-corrected chi connectivity index (χ4v) is 1.86. The lowest BCUT2D eigenvalue weighted by Gasteiger charge is -2.28. The van der Waals surface area contributed by atoms with Gasteiger partial charge in [-0.3, -0.25) is 0 Å². The van der Waals surface area contributed by atoms with E-state index in [4.69, 9.17) is 9.47 Å². The molecule has 0 aliphatic carbocycles. The Kier molecular flexibility index (Phi) is 5.07. The van der Waals surface area contributed by atoms with Crippen molar-refractivity contribution in [3.8, 4) is 11.5 Å². The monoisotopic (exact) mass is 315 g/mol. The van der Waals surface area contributed by atoms with Crippen molar-refractivity contribution in [3.63, 3.8) is 0 Å². The minimum atomic E-state index is -0.383. The highest BCUT2D eigenvalue weighted by Gasteiger charge is 2.25. The number of methoxy groups -OCH3 is 1. The minimum Gasteiger partial charge on any atom is -0.493 e. The third-order valence-electron chi connectivity index (χ3n) is 3.07. The molecule has 0 fully saturated rings. The van der Waals surface area contributed by atoms with Crippen LogP contribution in [0.15, 0.2) is 22.7 Å². The molecular formula is C13H20BrO2Si. The summed E-state index contributed by atoms with van der Waals surface area (Å²) in [5.74, 6) is 1.59. The summed E-state index contributed by atoms with van der Waals surface area (Å²) in [4.78, 5) is 0. The van der Waals surface area contributed by atoms with Gasteiger partial charge in [0, 0.05) is 4.47 Å². The molecule has 1 aromatic carbocycles. The molecule has 0 atom stereocenters. The van der Waals surface area contributed by atoms with E-state index < -0.39 is 0 Å². The van der Waals surface area contributed by atoms with Gasteiger partial charge in [-0.05, 0) is 23.2 Å². The summed E-state index contributed by atoms with van der Waals surface area (Å²) in [6.45, 7) is 9.87. The molecule has 1 radical (unpaired) electrons. The maximum atomic E-state index is 5.89. The molecule has 0 aromatic heterocycles. The number of hydrogen-bond acceptors (Lipinski definition) is 2. The molecule has 0 bridgehead atoms. The molecule has 0 N–H and O–H groups in total. The van der Waals surface area contributed by atoms with Gasteiger partial charge in [0.05, 0.1) is 22.5 Å². The number of benzene rings is 1. The first-order chi connectivity index (χ1) is 7.86. The van der Waals surface area contributed by atoms with Crippen LogP contribution in [0.5, 0.6) is 11.5 Å². The summed E-state index contributed by atoms with van der Waals surface area (Å²) in [7, 11) is 1.28. The maximum absolute atomic E-state index is 5.89. The molecule has 0 spiro atoms.